The molecule has 7 heteroatoms. The Morgan fingerprint density at radius 2 is 2.05 bits per heavy atom. The largest absolute Gasteiger partial charge is 0.397 e. The van der Waals surface area contributed by atoms with Crippen LogP contribution in [0.3, 0.4) is 0 Å². The zero-order chi connectivity index (χ0) is 16.2. The predicted octanol–water partition coefficient (Wildman–Crippen LogP) is 2.79. The maximum atomic E-state index is 12.8. The van der Waals surface area contributed by atoms with Gasteiger partial charge in [0, 0.05) is 19.5 Å². The van der Waals surface area contributed by atoms with Crippen LogP contribution in [0, 0.1) is 24.2 Å². The van der Waals surface area contributed by atoms with Crippen molar-refractivity contribution in [3.05, 3.63) is 22.7 Å². The number of halogens is 1. The number of benzene rings is 1. The number of nitrogen functional groups attached to an aromatic ring is 1. The van der Waals surface area contributed by atoms with Crippen molar-refractivity contribution in [3.63, 3.8) is 0 Å². The Morgan fingerprint density at radius 1 is 1.43 bits per heavy atom. The number of nitrogens with zero attached hydrogens (tertiary/aromatic N) is 2. The van der Waals surface area contributed by atoms with Crippen LogP contribution in [-0.2, 0) is 10.0 Å². The molecule has 116 valence electrons. The highest BCUT2D eigenvalue weighted by Crippen LogP contribution is 2.28. The van der Waals surface area contributed by atoms with E-state index in [0.717, 1.165) is 0 Å². The summed E-state index contributed by atoms with van der Waals surface area (Å²) in [5.74, 6) is 0.156. The van der Waals surface area contributed by atoms with Gasteiger partial charge in [-0.3, -0.25) is 0 Å². The number of hydrogen-bond acceptors (Lipinski definition) is 4. The molecule has 1 rings (SSSR count). The summed E-state index contributed by atoms with van der Waals surface area (Å²) in [6.45, 7) is 6.05. The third-order valence-electron chi connectivity index (χ3n) is 2.95. The molecule has 0 heterocycles. The molecule has 1 aromatic rings. The summed E-state index contributed by atoms with van der Waals surface area (Å²) in [5.41, 5.74) is 6.49. The molecule has 0 aliphatic carbocycles. The van der Waals surface area contributed by atoms with Crippen molar-refractivity contribution in [2.45, 2.75) is 32.1 Å². The molecular formula is C14H20ClN3O2S. The fourth-order valence-electron chi connectivity index (χ4n) is 1.98. The highest BCUT2D eigenvalue weighted by Gasteiger charge is 2.27. The monoisotopic (exact) mass is 329 g/mol. The van der Waals surface area contributed by atoms with Crippen LogP contribution in [0.25, 0.3) is 0 Å². The van der Waals surface area contributed by atoms with Gasteiger partial charge in [-0.25, -0.2) is 8.42 Å². The molecule has 0 bridgehead atoms. The molecule has 0 aliphatic rings. The highest BCUT2D eigenvalue weighted by atomic mass is 35.5. The van der Waals surface area contributed by atoms with E-state index < -0.39 is 10.0 Å². The topological polar surface area (TPSA) is 87.2 Å². The summed E-state index contributed by atoms with van der Waals surface area (Å²) in [6.07, 6.45) is 0.147. The standard InChI is InChI=1S/C14H20ClN3O2S/c1-10(2)9-18(6-4-5-16)21(19,20)14-8-13(17)12(15)7-11(14)3/h7-8,10H,4,6,9,17H2,1-3H3. The normalized spacial score (nSPS) is 11.9. The summed E-state index contributed by atoms with van der Waals surface area (Å²) in [5, 5.41) is 9.04. The van der Waals surface area contributed by atoms with Crippen LogP contribution in [0.1, 0.15) is 25.8 Å². The average molecular weight is 330 g/mol. The van der Waals surface area contributed by atoms with E-state index in [1.54, 1.807) is 13.0 Å². The molecular weight excluding hydrogens is 310 g/mol. The number of sulfonamides is 1. The van der Waals surface area contributed by atoms with E-state index in [1.165, 1.54) is 10.4 Å². The van der Waals surface area contributed by atoms with E-state index in [-0.39, 0.29) is 29.5 Å². The van der Waals surface area contributed by atoms with Gasteiger partial charge in [-0.2, -0.15) is 9.57 Å². The second-order valence-corrected chi connectivity index (χ2v) is 7.62. The van der Waals surface area contributed by atoms with Gasteiger partial charge in [0.2, 0.25) is 10.0 Å². The van der Waals surface area contributed by atoms with Gasteiger partial charge in [0.1, 0.15) is 0 Å². The third-order valence-corrected chi connectivity index (χ3v) is 5.29. The minimum atomic E-state index is -3.69. The van der Waals surface area contributed by atoms with E-state index in [2.05, 4.69) is 0 Å². The quantitative estimate of drug-likeness (QED) is 0.813. The van der Waals surface area contributed by atoms with Gasteiger partial charge in [-0.15, -0.1) is 0 Å². The first-order chi connectivity index (χ1) is 9.70. The van der Waals surface area contributed by atoms with Crippen LogP contribution in [0.4, 0.5) is 5.69 Å². The Balaban J connectivity index is 3.28. The van der Waals surface area contributed by atoms with E-state index in [4.69, 9.17) is 22.6 Å². The lowest BCUT2D eigenvalue weighted by atomic mass is 10.2. The SMILES string of the molecule is Cc1cc(Cl)c(N)cc1S(=O)(=O)N(CCC#N)CC(C)C. The minimum absolute atomic E-state index is 0.142. The first kappa shape index (κ1) is 17.8. The lowest BCUT2D eigenvalue weighted by Crippen LogP contribution is -2.35. The second-order valence-electron chi connectivity index (χ2n) is 5.30. The van der Waals surface area contributed by atoms with Crippen LogP contribution in [0.5, 0.6) is 0 Å². The number of rotatable bonds is 6. The van der Waals surface area contributed by atoms with Crippen LogP contribution >= 0.6 is 11.6 Å². The molecule has 1 aromatic carbocycles. The van der Waals surface area contributed by atoms with Gasteiger partial charge in [-0.05, 0) is 30.5 Å². The molecule has 0 radical (unpaired) electrons. The van der Waals surface area contributed by atoms with Crippen molar-refractivity contribution in [2.75, 3.05) is 18.8 Å². The van der Waals surface area contributed by atoms with Gasteiger partial charge >= 0.3 is 0 Å². The molecule has 2 N–H and O–H groups in total. The molecule has 0 atom stereocenters. The summed E-state index contributed by atoms with van der Waals surface area (Å²) in [4.78, 5) is 0.142. The van der Waals surface area contributed by atoms with E-state index in [1.807, 2.05) is 19.9 Å². The zero-order valence-corrected chi connectivity index (χ0v) is 14.0. The molecule has 0 aromatic heterocycles. The van der Waals surface area contributed by atoms with Gasteiger partial charge in [0.25, 0.3) is 0 Å². The number of aryl methyl sites for hydroxylation is 1. The van der Waals surface area contributed by atoms with Crippen molar-refractivity contribution in [1.82, 2.24) is 4.31 Å². The Morgan fingerprint density at radius 3 is 2.57 bits per heavy atom. The second kappa shape index (κ2) is 7.12. The van der Waals surface area contributed by atoms with Gasteiger partial charge in [0.15, 0.2) is 0 Å². The number of nitrogens with two attached hydrogens (primary N) is 1. The van der Waals surface area contributed by atoms with Crippen LogP contribution < -0.4 is 5.73 Å². The molecule has 5 nitrogen and oxygen atoms in total. The van der Waals surface area contributed by atoms with Crippen molar-refractivity contribution in [3.8, 4) is 6.07 Å². The molecule has 0 fully saturated rings. The van der Waals surface area contributed by atoms with E-state index >= 15 is 0 Å². The molecule has 0 aliphatic heterocycles. The summed E-state index contributed by atoms with van der Waals surface area (Å²) in [7, 11) is -3.69. The Kier molecular flexibility index (Phi) is 6.02. The Hall–Kier alpha value is -1.29. The summed E-state index contributed by atoms with van der Waals surface area (Å²) >= 11 is 5.91. The number of hydrogen-bond donors (Lipinski definition) is 1. The molecule has 0 saturated heterocycles. The van der Waals surface area contributed by atoms with Gasteiger partial charge in [-0.1, -0.05) is 25.4 Å². The summed E-state index contributed by atoms with van der Waals surface area (Å²) in [6, 6.07) is 4.90. The Bertz CT molecular complexity index is 651. The maximum absolute atomic E-state index is 12.8. The van der Waals surface area contributed by atoms with Crippen molar-refractivity contribution in [1.29, 1.82) is 5.26 Å². The van der Waals surface area contributed by atoms with Crippen molar-refractivity contribution in [2.24, 2.45) is 5.92 Å². The lowest BCUT2D eigenvalue weighted by molar-refractivity contribution is 0.372. The van der Waals surface area contributed by atoms with Crippen molar-refractivity contribution < 1.29 is 8.42 Å². The molecule has 0 unspecified atom stereocenters. The molecule has 0 saturated carbocycles. The molecule has 0 spiro atoms. The summed E-state index contributed by atoms with van der Waals surface area (Å²) < 4.78 is 26.9. The molecule has 0 amide bonds. The van der Waals surface area contributed by atoms with Crippen LogP contribution in [0.2, 0.25) is 5.02 Å². The average Bonchev–Trinajstić information content (AvgIpc) is 2.38. The number of nitriles is 1. The van der Waals surface area contributed by atoms with Crippen LogP contribution in [0.15, 0.2) is 17.0 Å². The fraction of sp³-hybridized carbons (Fsp3) is 0.500. The van der Waals surface area contributed by atoms with E-state index in [9.17, 15) is 8.42 Å². The smallest absolute Gasteiger partial charge is 0.243 e. The first-order valence-electron chi connectivity index (χ1n) is 6.62. The van der Waals surface area contributed by atoms with Gasteiger partial charge < -0.3 is 5.73 Å². The predicted molar refractivity (Wildman–Crippen MR) is 84.4 cm³/mol. The first-order valence-corrected chi connectivity index (χ1v) is 8.44. The van der Waals surface area contributed by atoms with Crippen LogP contribution in [-0.4, -0.2) is 25.8 Å². The Labute approximate surface area is 131 Å². The fourth-order valence-corrected chi connectivity index (χ4v) is 4.04. The highest BCUT2D eigenvalue weighted by molar-refractivity contribution is 7.89. The maximum Gasteiger partial charge on any atom is 0.243 e. The lowest BCUT2D eigenvalue weighted by Gasteiger charge is -2.24. The number of anilines is 1. The van der Waals surface area contributed by atoms with Gasteiger partial charge in [0.05, 0.1) is 21.7 Å². The minimum Gasteiger partial charge on any atom is -0.397 e. The third kappa shape index (κ3) is 4.34. The van der Waals surface area contributed by atoms with Crippen molar-refractivity contribution >= 4 is 27.3 Å². The zero-order valence-electron chi connectivity index (χ0n) is 12.4. The molecule has 21 heavy (non-hydrogen) atoms. The van der Waals surface area contributed by atoms with E-state index in [0.29, 0.717) is 17.1 Å².